The normalized spacial score (nSPS) is 10.6. The molecule has 0 heterocycles. The molecule has 0 fully saturated rings. The number of nitrogens with one attached hydrogen (secondary N) is 1. The Bertz CT molecular complexity index is 616. The number of carbonyl (C=O) groups excluding carboxylic acids is 1. The van der Waals surface area contributed by atoms with Crippen molar-refractivity contribution in [3.05, 3.63) is 65.2 Å². The zero-order valence-corrected chi connectivity index (χ0v) is 12.2. The number of amides is 1. The van der Waals surface area contributed by atoms with Gasteiger partial charge in [0.05, 0.1) is 6.21 Å². The number of aryl methyl sites for hydroxylation is 2. The summed E-state index contributed by atoms with van der Waals surface area (Å²) in [5, 5.41) is 3.88. The number of rotatable bonds is 5. The monoisotopic (exact) mass is 282 g/mol. The molecule has 0 saturated carbocycles. The Morgan fingerprint density at radius 1 is 1.14 bits per heavy atom. The number of hydrogen-bond acceptors (Lipinski definition) is 3. The standard InChI is InChI=1S/C17H18N2O2/c1-13-8-14(2)10-16(9-13)21-12-17(20)19-18-11-15-6-4-3-5-7-15/h3-11H,12H2,1-2H3,(H,19,20)/b18-11-. The number of hydrazone groups is 1. The molecule has 108 valence electrons. The predicted molar refractivity (Wildman–Crippen MR) is 83.6 cm³/mol. The minimum atomic E-state index is -0.290. The maximum absolute atomic E-state index is 11.6. The Morgan fingerprint density at radius 3 is 2.48 bits per heavy atom. The number of ether oxygens (including phenoxy) is 1. The molecule has 2 aromatic rings. The highest BCUT2D eigenvalue weighted by Gasteiger charge is 2.02. The lowest BCUT2D eigenvalue weighted by Crippen LogP contribution is -2.24. The van der Waals surface area contributed by atoms with Crippen LogP contribution in [0.3, 0.4) is 0 Å². The minimum Gasteiger partial charge on any atom is -0.484 e. The van der Waals surface area contributed by atoms with Crippen molar-refractivity contribution in [2.45, 2.75) is 13.8 Å². The van der Waals surface area contributed by atoms with Crippen LogP contribution in [0, 0.1) is 13.8 Å². The first-order chi connectivity index (χ1) is 10.1. The van der Waals surface area contributed by atoms with Crippen LogP contribution in [0.2, 0.25) is 0 Å². The molecule has 0 spiro atoms. The molecule has 4 nitrogen and oxygen atoms in total. The van der Waals surface area contributed by atoms with E-state index < -0.39 is 0 Å². The van der Waals surface area contributed by atoms with Crippen molar-refractivity contribution < 1.29 is 9.53 Å². The van der Waals surface area contributed by atoms with E-state index in [2.05, 4.69) is 16.6 Å². The van der Waals surface area contributed by atoms with Crippen LogP contribution in [0.4, 0.5) is 0 Å². The van der Waals surface area contributed by atoms with Gasteiger partial charge in [-0.1, -0.05) is 36.4 Å². The highest BCUT2D eigenvalue weighted by molar-refractivity contribution is 5.82. The first-order valence-corrected chi connectivity index (χ1v) is 6.71. The van der Waals surface area contributed by atoms with Gasteiger partial charge in [0.2, 0.25) is 0 Å². The lowest BCUT2D eigenvalue weighted by atomic mass is 10.1. The van der Waals surface area contributed by atoms with Gasteiger partial charge < -0.3 is 4.74 Å². The van der Waals surface area contributed by atoms with Gasteiger partial charge in [-0.2, -0.15) is 5.10 Å². The maximum Gasteiger partial charge on any atom is 0.277 e. The second-order valence-electron chi connectivity index (χ2n) is 4.82. The smallest absolute Gasteiger partial charge is 0.277 e. The molecule has 1 amide bonds. The average Bonchev–Trinajstić information content (AvgIpc) is 2.45. The Morgan fingerprint density at radius 2 is 1.81 bits per heavy atom. The van der Waals surface area contributed by atoms with Crippen LogP contribution in [-0.2, 0) is 4.79 Å². The summed E-state index contributed by atoms with van der Waals surface area (Å²) in [4.78, 5) is 11.6. The number of benzene rings is 2. The highest BCUT2D eigenvalue weighted by atomic mass is 16.5. The molecular formula is C17H18N2O2. The van der Waals surface area contributed by atoms with Gasteiger partial charge in [0.25, 0.3) is 5.91 Å². The molecule has 0 unspecified atom stereocenters. The van der Waals surface area contributed by atoms with Crippen molar-refractivity contribution in [3.63, 3.8) is 0 Å². The molecule has 0 aromatic heterocycles. The zero-order chi connectivity index (χ0) is 15.1. The lowest BCUT2D eigenvalue weighted by Gasteiger charge is -2.07. The Labute approximate surface area is 124 Å². The SMILES string of the molecule is Cc1cc(C)cc(OCC(=O)N/N=C\c2ccccc2)c1. The van der Waals surface area contributed by atoms with Crippen LogP contribution >= 0.6 is 0 Å². The first kappa shape index (κ1) is 14.8. The van der Waals surface area contributed by atoms with Crippen molar-refractivity contribution in [2.75, 3.05) is 6.61 Å². The molecule has 2 aromatic carbocycles. The summed E-state index contributed by atoms with van der Waals surface area (Å²) in [5.74, 6) is 0.399. The summed E-state index contributed by atoms with van der Waals surface area (Å²) in [6.07, 6.45) is 1.59. The van der Waals surface area contributed by atoms with Gasteiger partial charge in [0, 0.05) is 0 Å². The largest absolute Gasteiger partial charge is 0.484 e. The van der Waals surface area contributed by atoms with Crippen molar-refractivity contribution in [2.24, 2.45) is 5.10 Å². The summed E-state index contributed by atoms with van der Waals surface area (Å²) in [6.45, 7) is 3.92. The highest BCUT2D eigenvalue weighted by Crippen LogP contribution is 2.15. The summed E-state index contributed by atoms with van der Waals surface area (Å²) in [6, 6.07) is 15.4. The van der Waals surface area contributed by atoms with Crippen molar-refractivity contribution in [1.29, 1.82) is 0 Å². The van der Waals surface area contributed by atoms with Gasteiger partial charge in [-0.15, -0.1) is 0 Å². The fourth-order valence-electron chi connectivity index (χ4n) is 1.92. The van der Waals surface area contributed by atoms with Crippen LogP contribution in [0.1, 0.15) is 16.7 Å². The average molecular weight is 282 g/mol. The molecule has 4 heteroatoms. The number of carbonyl (C=O) groups is 1. The van der Waals surface area contributed by atoms with Crippen molar-refractivity contribution >= 4 is 12.1 Å². The third-order valence-electron chi connectivity index (χ3n) is 2.77. The Hall–Kier alpha value is -2.62. The molecule has 1 N–H and O–H groups in total. The Kier molecular flexibility index (Phi) is 5.10. The van der Waals surface area contributed by atoms with E-state index in [-0.39, 0.29) is 12.5 Å². The van der Waals surface area contributed by atoms with Crippen LogP contribution in [0.15, 0.2) is 53.6 Å². The van der Waals surface area contributed by atoms with E-state index in [1.165, 1.54) is 0 Å². The van der Waals surface area contributed by atoms with Crippen LogP contribution in [0.25, 0.3) is 0 Å². The molecule has 0 aliphatic heterocycles. The van der Waals surface area contributed by atoms with E-state index in [0.29, 0.717) is 5.75 Å². The first-order valence-electron chi connectivity index (χ1n) is 6.71. The molecule has 21 heavy (non-hydrogen) atoms. The fraction of sp³-hybridized carbons (Fsp3) is 0.176. The summed E-state index contributed by atoms with van der Waals surface area (Å²) in [5.41, 5.74) is 5.57. The van der Waals surface area contributed by atoms with Gasteiger partial charge in [-0.25, -0.2) is 5.43 Å². The van der Waals surface area contributed by atoms with E-state index in [1.54, 1.807) is 6.21 Å². The van der Waals surface area contributed by atoms with Gasteiger partial charge in [0.15, 0.2) is 6.61 Å². The Balaban J connectivity index is 1.81. The minimum absolute atomic E-state index is 0.0605. The zero-order valence-electron chi connectivity index (χ0n) is 12.2. The van der Waals surface area contributed by atoms with Crippen LogP contribution < -0.4 is 10.2 Å². The van der Waals surface area contributed by atoms with E-state index in [9.17, 15) is 4.79 Å². The molecular weight excluding hydrogens is 264 g/mol. The van der Waals surface area contributed by atoms with Crippen LogP contribution in [-0.4, -0.2) is 18.7 Å². The van der Waals surface area contributed by atoms with Gasteiger partial charge in [-0.3, -0.25) is 4.79 Å². The lowest BCUT2D eigenvalue weighted by molar-refractivity contribution is -0.123. The van der Waals surface area contributed by atoms with Crippen molar-refractivity contribution in [1.82, 2.24) is 5.43 Å². The fourth-order valence-corrected chi connectivity index (χ4v) is 1.92. The maximum atomic E-state index is 11.6. The molecule has 0 atom stereocenters. The molecule has 2 rings (SSSR count). The van der Waals surface area contributed by atoms with E-state index >= 15 is 0 Å². The van der Waals surface area contributed by atoms with Gasteiger partial charge >= 0.3 is 0 Å². The molecule has 0 radical (unpaired) electrons. The van der Waals surface area contributed by atoms with Crippen molar-refractivity contribution in [3.8, 4) is 5.75 Å². The third kappa shape index (κ3) is 5.10. The predicted octanol–water partition coefficient (Wildman–Crippen LogP) is 2.83. The third-order valence-corrected chi connectivity index (χ3v) is 2.77. The number of nitrogens with zero attached hydrogens (tertiary/aromatic N) is 1. The topological polar surface area (TPSA) is 50.7 Å². The second kappa shape index (κ2) is 7.24. The molecule has 0 aliphatic carbocycles. The quantitative estimate of drug-likeness (QED) is 0.677. The summed E-state index contributed by atoms with van der Waals surface area (Å²) in [7, 11) is 0. The van der Waals surface area contributed by atoms with E-state index in [1.807, 2.05) is 56.3 Å². The second-order valence-corrected chi connectivity index (χ2v) is 4.82. The van der Waals surface area contributed by atoms with E-state index in [0.717, 1.165) is 16.7 Å². The van der Waals surface area contributed by atoms with Crippen LogP contribution in [0.5, 0.6) is 5.75 Å². The molecule has 0 saturated heterocycles. The summed E-state index contributed by atoms with van der Waals surface area (Å²) < 4.78 is 5.45. The molecule has 0 aliphatic rings. The van der Waals surface area contributed by atoms with Gasteiger partial charge in [-0.05, 0) is 42.7 Å². The van der Waals surface area contributed by atoms with E-state index in [4.69, 9.17) is 4.74 Å². The summed E-state index contributed by atoms with van der Waals surface area (Å²) >= 11 is 0. The van der Waals surface area contributed by atoms with Gasteiger partial charge in [0.1, 0.15) is 5.75 Å². The molecule has 0 bridgehead atoms. The number of hydrogen-bond donors (Lipinski definition) is 1.